The number of nitrogens with zero attached hydrogens (tertiary/aromatic N) is 6. The first kappa shape index (κ1) is 25.2. The zero-order valence-electron chi connectivity index (χ0n) is 19.5. The van der Waals surface area contributed by atoms with Crippen molar-refractivity contribution in [3.8, 4) is 0 Å². The average Bonchev–Trinajstić information content (AvgIpc) is 3.16. The maximum absolute atomic E-state index is 12.4. The number of hydrogen-bond donors (Lipinski definition) is 1. The monoisotopic (exact) mass is 559 g/mol. The molecule has 32 heavy (non-hydrogen) atoms. The van der Waals surface area contributed by atoms with Gasteiger partial charge in [0.05, 0.1) is 5.69 Å². The van der Waals surface area contributed by atoms with Gasteiger partial charge in [-0.3, -0.25) is 19.6 Å². The standard InChI is InChI=1S/C22H37N7O2.HI/c1-18-16-20(25-31-18)17-27-10-14-29(15-11-27)22(23-2)24-6-7-26-8-12-28(13-9-26)21(30)19-4-3-5-19;/h16,19H,3-15,17H2,1-2H3,(H,23,24);1H. The number of halogens is 1. The van der Waals surface area contributed by atoms with E-state index < -0.39 is 0 Å². The van der Waals surface area contributed by atoms with Crippen LogP contribution in [0.4, 0.5) is 0 Å². The highest BCUT2D eigenvalue weighted by molar-refractivity contribution is 14.0. The van der Waals surface area contributed by atoms with Crippen LogP contribution in [0.15, 0.2) is 15.6 Å². The van der Waals surface area contributed by atoms with E-state index in [1.54, 1.807) is 0 Å². The van der Waals surface area contributed by atoms with Crippen LogP contribution in [-0.2, 0) is 11.3 Å². The Hall–Kier alpha value is -1.40. The molecule has 4 rings (SSSR count). The lowest BCUT2D eigenvalue weighted by Crippen LogP contribution is -2.54. The molecule has 0 atom stereocenters. The summed E-state index contributed by atoms with van der Waals surface area (Å²) in [5, 5.41) is 7.64. The number of aliphatic imine (C=N–C) groups is 1. The van der Waals surface area contributed by atoms with E-state index in [9.17, 15) is 4.79 Å². The number of nitrogens with one attached hydrogen (secondary N) is 1. The van der Waals surface area contributed by atoms with Crippen molar-refractivity contribution in [2.75, 3.05) is 72.5 Å². The van der Waals surface area contributed by atoms with Crippen molar-refractivity contribution in [3.63, 3.8) is 0 Å². The Labute approximate surface area is 208 Å². The van der Waals surface area contributed by atoms with Gasteiger partial charge >= 0.3 is 0 Å². The average molecular weight is 559 g/mol. The third-order valence-electron chi connectivity index (χ3n) is 6.80. The Morgan fingerprint density at radius 1 is 1.09 bits per heavy atom. The van der Waals surface area contributed by atoms with E-state index >= 15 is 0 Å². The molecule has 2 aliphatic heterocycles. The second kappa shape index (κ2) is 12.2. The minimum absolute atomic E-state index is 0. The van der Waals surface area contributed by atoms with Gasteiger partial charge in [-0.05, 0) is 19.8 Å². The molecule has 3 aliphatic rings. The van der Waals surface area contributed by atoms with Crippen molar-refractivity contribution in [2.24, 2.45) is 10.9 Å². The van der Waals surface area contributed by atoms with E-state index in [0.717, 1.165) is 102 Å². The number of piperazine rings is 2. The summed E-state index contributed by atoms with van der Waals surface area (Å²) in [6.07, 6.45) is 3.41. The van der Waals surface area contributed by atoms with Gasteiger partial charge < -0.3 is 19.6 Å². The highest BCUT2D eigenvalue weighted by atomic mass is 127. The van der Waals surface area contributed by atoms with Gasteiger partial charge in [-0.2, -0.15) is 0 Å². The zero-order chi connectivity index (χ0) is 21.6. The van der Waals surface area contributed by atoms with Gasteiger partial charge in [0.25, 0.3) is 0 Å². The third kappa shape index (κ3) is 6.57. The number of rotatable bonds is 6. The minimum Gasteiger partial charge on any atom is -0.361 e. The Morgan fingerprint density at radius 2 is 1.75 bits per heavy atom. The molecule has 1 saturated carbocycles. The molecule has 2 saturated heterocycles. The van der Waals surface area contributed by atoms with Crippen molar-refractivity contribution in [2.45, 2.75) is 32.7 Å². The van der Waals surface area contributed by atoms with Crippen LogP contribution in [0, 0.1) is 12.8 Å². The predicted octanol–water partition coefficient (Wildman–Crippen LogP) is 1.24. The van der Waals surface area contributed by atoms with E-state index in [1.807, 2.05) is 20.0 Å². The first-order valence-electron chi connectivity index (χ1n) is 11.7. The summed E-state index contributed by atoms with van der Waals surface area (Å²) in [7, 11) is 1.86. The molecule has 3 heterocycles. The molecule has 1 amide bonds. The summed E-state index contributed by atoms with van der Waals surface area (Å²) in [6.45, 7) is 12.2. The highest BCUT2D eigenvalue weighted by Gasteiger charge is 2.31. The summed E-state index contributed by atoms with van der Waals surface area (Å²) >= 11 is 0. The van der Waals surface area contributed by atoms with Gasteiger partial charge in [-0.1, -0.05) is 11.6 Å². The molecule has 1 aromatic rings. The Bertz CT molecular complexity index is 751. The lowest BCUT2D eigenvalue weighted by atomic mass is 9.84. The number of aryl methyl sites for hydroxylation is 1. The predicted molar refractivity (Wildman–Crippen MR) is 135 cm³/mol. The molecule has 1 N–H and O–H groups in total. The Kier molecular flexibility index (Phi) is 9.60. The van der Waals surface area contributed by atoms with E-state index in [2.05, 4.69) is 35.1 Å². The number of hydrogen-bond acceptors (Lipinski definition) is 6. The van der Waals surface area contributed by atoms with Crippen molar-refractivity contribution >= 4 is 35.8 Å². The first-order chi connectivity index (χ1) is 15.1. The lowest BCUT2D eigenvalue weighted by Gasteiger charge is -2.38. The molecular weight excluding hydrogens is 521 g/mol. The molecule has 1 aromatic heterocycles. The van der Waals surface area contributed by atoms with Gasteiger partial charge in [-0.25, -0.2) is 0 Å². The third-order valence-corrected chi connectivity index (χ3v) is 6.80. The van der Waals surface area contributed by atoms with E-state index in [4.69, 9.17) is 4.52 Å². The Morgan fingerprint density at radius 3 is 2.31 bits per heavy atom. The van der Waals surface area contributed by atoms with Crippen LogP contribution in [0.3, 0.4) is 0 Å². The molecule has 10 heteroatoms. The Balaban J connectivity index is 0.00000289. The first-order valence-corrected chi connectivity index (χ1v) is 11.7. The van der Waals surface area contributed by atoms with Crippen LogP contribution in [0.5, 0.6) is 0 Å². The number of carbonyl (C=O) groups excluding carboxylic acids is 1. The second-order valence-electron chi connectivity index (χ2n) is 8.96. The number of amides is 1. The molecular formula is C22H38IN7O2. The van der Waals surface area contributed by atoms with E-state index in [1.165, 1.54) is 6.42 Å². The molecule has 9 nitrogen and oxygen atoms in total. The normalized spacial score (nSPS) is 21.2. The van der Waals surface area contributed by atoms with Crippen molar-refractivity contribution in [1.82, 2.24) is 30.1 Å². The lowest BCUT2D eigenvalue weighted by molar-refractivity contribution is -0.139. The fraction of sp³-hybridized carbons (Fsp3) is 0.773. The second-order valence-corrected chi connectivity index (χ2v) is 8.96. The molecule has 0 bridgehead atoms. The summed E-state index contributed by atoms with van der Waals surface area (Å²) < 4.78 is 5.17. The quantitative estimate of drug-likeness (QED) is 0.319. The molecule has 0 unspecified atom stereocenters. The molecule has 180 valence electrons. The molecule has 3 fully saturated rings. The van der Waals surface area contributed by atoms with Gasteiger partial charge in [0.15, 0.2) is 5.96 Å². The van der Waals surface area contributed by atoms with Gasteiger partial charge in [0, 0.05) is 91.0 Å². The number of aromatic nitrogens is 1. The van der Waals surface area contributed by atoms with Crippen LogP contribution in [-0.4, -0.2) is 109 Å². The summed E-state index contributed by atoms with van der Waals surface area (Å²) in [4.78, 5) is 26.1. The van der Waals surface area contributed by atoms with Crippen LogP contribution in [0.25, 0.3) is 0 Å². The largest absolute Gasteiger partial charge is 0.361 e. The van der Waals surface area contributed by atoms with Crippen LogP contribution < -0.4 is 5.32 Å². The fourth-order valence-electron chi connectivity index (χ4n) is 4.60. The maximum atomic E-state index is 12.4. The van der Waals surface area contributed by atoms with Gasteiger partial charge in [0.1, 0.15) is 5.76 Å². The van der Waals surface area contributed by atoms with Gasteiger partial charge in [-0.15, -0.1) is 24.0 Å². The van der Waals surface area contributed by atoms with Crippen molar-refractivity contribution in [1.29, 1.82) is 0 Å². The highest BCUT2D eigenvalue weighted by Crippen LogP contribution is 2.28. The number of carbonyl (C=O) groups is 1. The van der Waals surface area contributed by atoms with Crippen molar-refractivity contribution in [3.05, 3.63) is 17.5 Å². The van der Waals surface area contributed by atoms with E-state index in [-0.39, 0.29) is 24.0 Å². The van der Waals surface area contributed by atoms with Crippen LogP contribution >= 0.6 is 24.0 Å². The smallest absolute Gasteiger partial charge is 0.225 e. The number of guanidine groups is 1. The molecule has 0 aromatic carbocycles. The molecule has 0 spiro atoms. The molecule has 1 aliphatic carbocycles. The molecule has 0 radical (unpaired) electrons. The minimum atomic E-state index is 0. The topological polar surface area (TPSA) is 80.5 Å². The van der Waals surface area contributed by atoms with Crippen molar-refractivity contribution < 1.29 is 9.32 Å². The van der Waals surface area contributed by atoms with Gasteiger partial charge in [0.2, 0.25) is 5.91 Å². The van der Waals surface area contributed by atoms with E-state index in [0.29, 0.717) is 11.8 Å². The summed E-state index contributed by atoms with van der Waals surface area (Å²) in [5.41, 5.74) is 1.00. The maximum Gasteiger partial charge on any atom is 0.225 e. The van der Waals surface area contributed by atoms with Crippen LogP contribution in [0.2, 0.25) is 0 Å². The summed E-state index contributed by atoms with van der Waals surface area (Å²) in [5.74, 6) is 2.56. The fourth-order valence-corrected chi connectivity index (χ4v) is 4.60. The van der Waals surface area contributed by atoms with Crippen LogP contribution in [0.1, 0.15) is 30.7 Å². The SMILES string of the molecule is CN=C(NCCN1CCN(C(=O)C2CCC2)CC1)N1CCN(Cc2cc(C)on2)CC1.I. The summed E-state index contributed by atoms with van der Waals surface area (Å²) in [6, 6.07) is 2.01. The zero-order valence-corrected chi connectivity index (χ0v) is 21.8.